The quantitative estimate of drug-likeness (QED) is 0.133. The number of carbonyl (C=O) groups excluding carboxylic acids is 2. The van der Waals surface area contributed by atoms with Gasteiger partial charge >= 0.3 is 20.1 Å². The molecule has 0 saturated carbocycles. The largest absolute Gasteiger partial charge is 3.00 e. The van der Waals surface area contributed by atoms with Crippen LogP contribution in [0.5, 0.6) is 0 Å². The fraction of sp³-hybridized carbons (Fsp3) is 0. The Morgan fingerprint density at radius 2 is 1.59 bits per heavy atom. The average molecular weight is 565 g/mol. The van der Waals surface area contributed by atoms with E-state index in [-0.39, 0.29) is 31.4 Å². The molecule has 2 aromatic carbocycles. The van der Waals surface area contributed by atoms with E-state index in [9.17, 15) is 19.7 Å². The number of hydrogen-bond acceptors (Lipinski definition) is 6. The molecule has 0 aliphatic rings. The third-order valence-electron chi connectivity index (χ3n) is 4.26. The fourth-order valence-corrected chi connectivity index (χ4v) is 2.92. The number of hydrogen-bond donors (Lipinski definition) is 1. The van der Waals surface area contributed by atoms with Crippen LogP contribution in [0, 0.1) is 10.1 Å². The fourth-order valence-electron chi connectivity index (χ4n) is 2.92. The number of nitrogens with zero attached hydrogens (tertiary/aromatic N) is 3. The van der Waals surface area contributed by atoms with Crippen LogP contribution in [-0.4, -0.2) is 26.6 Å². The Morgan fingerprint density at radius 1 is 0.931 bits per heavy atom. The standard InChI is InChI=1S/C20H12N4O4.Ir/c25-19(12-5-7-14(8-6-12)24(27)28)20(26)23-16-11-13-3-1-9-21-17(13)18-15(16)4-2-10-22-18;/h1-11H,(H,23,26);/q;+3. The first kappa shape index (κ1) is 20.2. The minimum atomic E-state index is -0.845. The molecule has 0 unspecified atom stereocenters. The van der Waals surface area contributed by atoms with Crippen molar-refractivity contribution in [1.82, 2.24) is 9.97 Å². The normalized spacial score (nSPS) is 10.3. The van der Waals surface area contributed by atoms with Crippen LogP contribution in [0.15, 0.2) is 67.0 Å². The maximum Gasteiger partial charge on any atom is 3.00 e. The first-order chi connectivity index (χ1) is 13.5. The molecule has 0 spiro atoms. The van der Waals surface area contributed by atoms with Crippen LogP contribution in [0.25, 0.3) is 21.8 Å². The van der Waals surface area contributed by atoms with Gasteiger partial charge in [-0.25, -0.2) is 0 Å². The topological polar surface area (TPSA) is 115 Å². The molecule has 0 bridgehead atoms. The van der Waals surface area contributed by atoms with Crippen molar-refractivity contribution in [3.8, 4) is 0 Å². The van der Waals surface area contributed by atoms with E-state index in [0.29, 0.717) is 22.1 Å². The zero-order valence-corrected chi connectivity index (χ0v) is 17.1. The van der Waals surface area contributed by atoms with Crippen molar-refractivity contribution in [1.29, 1.82) is 0 Å². The third-order valence-corrected chi connectivity index (χ3v) is 4.26. The van der Waals surface area contributed by atoms with Crippen molar-refractivity contribution < 1.29 is 34.6 Å². The monoisotopic (exact) mass is 565 g/mol. The number of anilines is 1. The van der Waals surface area contributed by atoms with Gasteiger partial charge in [0.2, 0.25) is 0 Å². The van der Waals surface area contributed by atoms with Crippen LogP contribution in [0.4, 0.5) is 11.4 Å². The number of nitro benzene ring substituents is 1. The number of nitrogens with one attached hydrogen (secondary N) is 1. The summed E-state index contributed by atoms with van der Waals surface area (Å²) in [7, 11) is 0. The summed E-state index contributed by atoms with van der Waals surface area (Å²) in [5, 5.41) is 14.8. The van der Waals surface area contributed by atoms with E-state index in [2.05, 4.69) is 15.3 Å². The zero-order chi connectivity index (χ0) is 19.7. The van der Waals surface area contributed by atoms with E-state index in [0.717, 1.165) is 5.39 Å². The van der Waals surface area contributed by atoms with E-state index < -0.39 is 16.6 Å². The number of carbonyl (C=O) groups is 2. The van der Waals surface area contributed by atoms with Crippen molar-refractivity contribution in [2.45, 2.75) is 0 Å². The van der Waals surface area contributed by atoms with E-state index in [1.54, 1.807) is 36.7 Å². The molecule has 8 nitrogen and oxygen atoms in total. The molecule has 9 heteroatoms. The molecule has 4 rings (SSSR count). The van der Waals surface area contributed by atoms with Gasteiger partial charge in [-0.2, -0.15) is 0 Å². The van der Waals surface area contributed by atoms with Gasteiger partial charge in [-0.05, 0) is 36.4 Å². The van der Waals surface area contributed by atoms with Crippen molar-refractivity contribution >= 4 is 44.9 Å². The molecule has 0 aliphatic carbocycles. The van der Waals surface area contributed by atoms with Crippen LogP contribution in [0.2, 0.25) is 0 Å². The number of amides is 1. The van der Waals surface area contributed by atoms with Gasteiger partial charge < -0.3 is 5.32 Å². The molecule has 0 radical (unpaired) electrons. The number of ketones is 1. The summed E-state index contributed by atoms with van der Waals surface area (Å²) in [6.07, 6.45) is 3.29. The van der Waals surface area contributed by atoms with Gasteiger partial charge in [0.15, 0.2) is 0 Å². The number of pyridine rings is 2. The van der Waals surface area contributed by atoms with Crippen molar-refractivity contribution in [3.63, 3.8) is 0 Å². The van der Waals surface area contributed by atoms with Gasteiger partial charge in [0, 0.05) is 40.9 Å². The first-order valence-electron chi connectivity index (χ1n) is 8.27. The van der Waals surface area contributed by atoms with Gasteiger partial charge in [-0.3, -0.25) is 29.7 Å². The second-order valence-electron chi connectivity index (χ2n) is 5.99. The molecule has 142 valence electrons. The summed E-state index contributed by atoms with van der Waals surface area (Å²) < 4.78 is 0. The van der Waals surface area contributed by atoms with E-state index in [1.807, 2.05) is 6.07 Å². The van der Waals surface area contributed by atoms with Gasteiger partial charge in [0.25, 0.3) is 17.4 Å². The number of rotatable bonds is 4. The van der Waals surface area contributed by atoms with Crippen LogP contribution < -0.4 is 5.32 Å². The predicted molar refractivity (Wildman–Crippen MR) is 103 cm³/mol. The summed E-state index contributed by atoms with van der Waals surface area (Å²) in [5.74, 6) is -1.64. The van der Waals surface area contributed by atoms with E-state index in [4.69, 9.17) is 0 Å². The van der Waals surface area contributed by atoms with Crippen LogP contribution in [0.1, 0.15) is 10.4 Å². The molecular formula is C20H12IrN4O4+3. The summed E-state index contributed by atoms with van der Waals surface area (Å²) in [4.78, 5) is 43.7. The van der Waals surface area contributed by atoms with Gasteiger partial charge in [0.05, 0.1) is 21.6 Å². The number of benzene rings is 2. The SMILES string of the molecule is O=C(Nc1cc2cccnc2c2ncccc12)C(=O)c1ccc([N+](=O)[O-])cc1.[Ir+3]. The molecule has 0 aliphatic heterocycles. The zero-order valence-electron chi connectivity index (χ0n) is 14.7. The second kappa shape index (κ2) is 8.22. The molecule has 4 aromatic rings. The summed E-state index contributed by atoms with van der Waals surface area (Å²) >= 11 is 0. The Labute approximate surface area is 177 Å². The van der Waals surface area contributed by atoms with Crippen molar-refractivity contribution in [3.05, 3.63) is 82.7 Å². The predicted octanol–water partition coefficient (Wildman–Crippen LogP) is 3.51. The maximum atomic E-state index is 12.5. The Hall–Kier alpha value is -3.55. The number of fused-ring (bicyclic) bond motifs is 3. The van der Waals surface area contributed by atoms with Crippen molar-refractivity contribution in [2.24, 2.45) is 0 Å². The minimum absolute atomic E-state index is 0. The van der Waals surface area contributed by atoms with Gasteiger partial charge in [0.1, 0.15) is 0 Å². The molecule has 1 amide bonds. The molecule has 2 aromatic heterocycles. The van der Waals surface area contributed by atoms with E-state index >= 15 is 0 Å². The molecule has 0 saturated heterocycles. The van der Waals surface area contributed by atoms with Crippen LogP contribution in [0.3, 0.4) is 0 Å². The average Bonchev–Trinajstić information content (AvgIpc) is 2.73. The maximum absolute atomic E-state index is 12.5. The smallest absolute Gasteiger partial charge is 0.318 e. The molecule has 0 fully saturated rings. The van der Waals surface area contributed by atoms with Crippen LogP contribution in [-0.2, 0) is 24.9 Å². The Balaban J connectivity index is 0.00000240. The third kappa shape index (κ3) is 3.87. The molecular weight excluding hydrogens is 552 g/mol. The Kier molecular flexibility index (Phi) is 5.72. The van der Waals surface area contributed by atoms with Crippen LogP contribution >= 0.6 is 0 Å². The van der Waals surface area contributed by atoms with Gasteiger partial charge in [-0.1, -0.05) is 6.07 Å². The minimum Gasteiger partial charge on any atom is -0.318 e. The Morgan fingerprint density at radius 3 is 2.28 bits per heavy atom. The number of aromatic nitrogens is 2. The van der Waals surface area contributed by atoms with E-state index in [1.165, 1.54) is 24.3 Å². The summed E-state index contributed by atoms with van der Waals surface area (Å²) in [6, 6.07) is 13.7. The Bertz CT molecular complexity index is 1260. The first-order valence-corrected chi connectivity index (χ1v) is 8.27. The van der Waals surface area contributed by atoms with Gasteiger partial charge in [-0.15, -0.1) is 0 Å². The number of Topliss-reactive ketones (excluding diaryl/α,β-unsaturated/α-hetero) is 1. The second-order valence-corrected chi connectivity index (χ2v) is 5.99. The summed E-state index contributed by atoms with van der Waals surface area (Å²) in [6.45, 7) is 0. The number of nitro groups is 1. The van der Waals surface area contributed by atoms with Crippen molar-refractivity contribution in [2.75, 3.05) is 5.32 Å². The molecule has 29 heavy (non-hydrogen) atoms. The molecule has 0 atom stereocenters. The number of non-ortho nitro benzene ring substituents is 1. The summed E-state index contributed by atoms with van der Waals surface area (Å²) in [5.41, 5.74) is 1.64. The molecule has 2 heterocycles. The molecule has 1 N–H and O–H groups in total.